The quantitative estimate of drug-likeness (QED) is 0.392. The van der Waals surface area contributed by atoms with Gasteiger partial charge >= 0.3 is 0 Å². The normalized spacial score (nSPS) is 29.8. The fourth-order valence-corrected chi connectivity index (χ4v) is 3.52. The Kier molecular flexibility index (Phi) is 9.15. The summed E-state index contributed by atoms with van der Waals surface area (Å²) in [5.41, 5.74) is 0. The molecule has 2 rings (SSSR count). The van der Waals surface area contributed by atoms with E-state index in [-0.39, 0.29) is 24.0 Å². The second kappa shape index (κ2) is 10.0. The highest BCUT2D eigenvalue weighted by atomic mass is 127. The van der Waals surface area contributed by atoms with Crippen LogP contribution in [0.15, 0.2) is 4.99 Å². The van der Waals surface area contributed by atoms with Gasteiger partial charge in [0.2, 0.25) is 0 Å². The van der Waals surface area contributed by atoms with Crippen LogP contribution >= 0.6 is 24.0 Å². The van der Waals surface area contributed by atoms with Gasteiger partial charge in [0.1, 0.15) is 0 Å². The molecule has 23 heavy (non-hydrogen) atoms. The smallest absolute Gasteiger partial charge is 0.191 e. The summed E-state index contributed by atoms with van der Waals surface area (Å²) in [5.74, 6) is 1.66. The van der Waals surface area contributed by atoms with E-state index in [4.69, 9.17) is 4.99 Å². The molecule has 0 aromatic carbocycles. The second-order valence-corrected chi connectivity index (χ2v) is 7.27. The van der Waals surface area contributed by atoms with Gasteiger partial charge in [-0.25, -0.2) is 0 Å². The summed E-state index contributed by atoms with van der Waals surface area (Å²) in [6.45, 7) is 14.4. The molecule has 2 aliphatic heterocycles. The summed E-state index contributed by atoms with van der Waals surface area (Å²) in [6.07, 6.45) is 2.59. The van der Waals surface area contributed by atoms with Gasteiger partial charge in [-0.3, -0.25) is 9.89 Å². The minimum absolute atomic E-state index is 0. The zero-order valence-corrected chi connectivity index (χ0v) is 17.8. The molecule has 3 unspecified atom stereocenters. The van der Waals surface area contributed by atoms with Gasteiger partial charge in [-0.1, -0.05) is 6.92 Å². The lowest BCUT2D eigenvalue weighted by Gasteiger charge is -2.23. The second-order valence-electron chi connectivity index (χ2n) is 7.27. The summed E-state index contributed by atoms with van der Waals surface area (Å²) < 4.78 is 0. The maximum Gasteiger partial charge on any atom is 0.191 e. The minimum Gasteiger partial charge on any atom is -0.357 e. The molecule has 136 valence electrons. The molecule has 0 radical (unpaired) electrons. The zero-order valence-electron chi connectivity index (χ0n) is 15.5. The lowest BCUT2D eigenvalue weighted by molar-refractivity contribution is 0.265. The standard InChI is InChI=1S/C17H35N5.HI/c1-6-18-17(19-10-15-8-7-9-21(15)5)20-16-12-22(13(2)3)11-14(16)4;/h13-16H,6-12H2,1-5H3,(H2,18,19,20);1H. The summed E-state index contributed by atoms with van der Waals surface area (Å²) in [4.78, 5) is 9.84. The van der Waals surface area contributed by atoms with Crippen LogP contribution in [0.25, 0.3) is 0 Å². The molecule has 0 aromatic rings. The monoisotopic (exact) mass is 437 g/mol. The fraction of sp³-hybridized carbons (Fsp3) is 0.941. The highest BCUT2D eigenvalue weighted by molar-refractivity contribution is 14.0. The first-order valence-electron chi connectivity index (χ1n) is 9.00. The molecule has 0 spiro atoms. The third-order valence-electron chi connectivity index (χ3n) is 5.17. The molecule has 2 fully saturated rings. The van der Waals surface area contributed by atoms with Gasteiger partial charge < -0.3 is 15.5 Å². The maximum atomic E-state index is 4.85. The highest BCUT2D eigenvalue weighted by Crippen LogP contribution is 2.19. The van der Waals surface area contributed by atoms with E-state index in [9.17, 15) is 0 Å². The number of hydrogen-bond donors (Lipinski definition) is 2. The van der Waals surface area contributed by atoms with Gasteiger partial charge in [-0.2, -0.15) is 0 Å². The topological polar surface area (TPSA) is 42.9 Å². The predicted octanol–water partition coefficient (Wildman–Crippen LogP) is 1.98. The average molecular weight is 437 g/mol. The third-order valence-corrected chi connectivity index (χ3v) is 5.17. The average Bonchev–Trinajstić information content (AvgIpc) is 3.03. The Balaban J connectivity index is 0.00000264. The number of rotatable bonds is 5. The number of nitrogens with zero attached hydrogens (tertiary/aromatic N) is 3. The van der Waals surface area contributed by atoms with Crippen molar-refractivity contribution in [3.05, 3.63) is 0 Å². The highest BCUT2D eigenvalue weighted by Gasteiger charge is 2.31. The number of likely N-dealkylation sites (N-methyl/N-ethyl adjacent to an activating group) is 1. The van der Waals surface area contributed by atoms with Crippen molar-refractivity contribution in [2.45, 2.75) is 58.7 Å². The number of likely N-dealkylation sites (tertiary alicyclic amines) is 2. The van der Waals surface area contributed by atoms with Crippen molar-refractivity contribution < 1.29 is 0 Å². The lowest BCUT2D eigenvalue weighted by atomic mass is 10.1. The van der Waals surface area contributed by atoms with Crippen LogP contribution in [0.5, 0.6) is 0 Å². The molecular weight excluding hydrogens is 401 g/mol. The fourth-order valence-electron chi connectivity index (χ4n) is 3.52. The minimum atomic E-state index is 0. The Morgan fingerprint density at radius 1 is 1.30 bits per heavy atom. The molecule has 2 heterocycles. The molecule has 2 N–H and O–H groups in total. The number of nitrogens with one attached hydrogen (secondary N) is 2. The van der Waals surface area contributed by atoms with Crippen LogP contribution in [0.3, 0.4) is 0 Å². The largest absolute Gasteiger partial charge is 0.357 e. The van der Waals surface area contributed by atoms with Crippen molar-refractivity contribution >= 4 is 29.9 Å². The van der Waals surface area contributed by atoms with E-state index in [1.807, 2.05) is 0 Å². The first kappa shape index (κ1) is 21.0. The van der Waals surface area contributed by atoms with Gasteiger partial charge in [0, 0.05) is 37.8 Å². The van der Waals surface area contributed by atoms with Crippen molar-refractivity contribution in [3.63, 3.8) is 0 Å². The Labute approximate surface area is 159 Å². The Morgan fingerprint density at radius 3 is 2.57 bits per heavy atom. The van der Waals surface area contributed by atoms with Gasteiger partial charge in [0.15, 0.2) is 5.96 Å². The molecule has 6 heteroatoms. The van der Waals surface area contributed by atoms with Crippen LogP contribution in [-0.2, 0) is 0 Å². The van der Waals surface area contributed by atoms with E-state index in [0.717, 1.165) is 25.6 Å². The van der Waals surface area contributed by atoms with Gasteiger partial charge in [0.25, 0.3) is 0 Å². The first-order valence-corrected chi connectivity index (χ1v) is 9.00. The number of hydrogen-bond acceptors (Lipinski definition) is 3. The van der Waals surface area contributed by atoms with Crippen LogP contribution < -0.4 is 10.6 Å². The van der Waals surface area contributed by atoms with E-state index in [1.54, 1.807) is 0 Å². The molecular formula is C17H36IN5. The summed E-state index contributed by atoms with van der Waals surface area (Å²) in [7, 11) is 2.22. The predicted molar refractivity (Wildman–Crippen MR) is 110 cm³/mol. The zero-order chi connectivity index (χ0) is 16.1. The Bertz CT molecular complexity index is 374. The number of guanidine groups is 1. The van der Waals surface area contributed by atoms with Crippen LogP contribution in [0.4, 0.5) is 0 Å². The summed E-state index contributed by atoms with van der Waals surface area (Å²) in [5, 5.41) is 7.08. The van der Waals surface area contributed by atoms with Gasteiger partial charge in [0.05, 0.1) is 6.54 Å². The van der Waals surface area contributed by atoms with Crippen molar-refractivity contribution in [1.82, 2.24) is 20.4 Å². The molecule has 0 saturated carbocycles. The van der Waals surface area contributed by atoms with Crippen LogP contribution in [0.2, 0.25) is 0 Å². The van der Waals surface area contributed by atoms with Crippen molar-refractivity contribution in [1.29, 1.82) is 0 Å². The summed E-state index contributed by atoms with van der Waals surface area (Å²) in [6, 6.07) is 1.74. The third kappa shape index (κ3) is 6.05. The maximum absolute atomic E-state index is 4.85. The molecule has 3 atom stereocenters. The van der Waals surface area contributed by atoms with Crippen LogP contribution in [0.1, 0.15) is 40.5 Å². The van der Waals surface area contributed by atoms with Crippen LogP contribution in [0, 0.1) is 5.92 Å². The van der Waals surface area contributed by atoms with E-state index in [2.05, 4.69) is 55.2 Å². The Hall–Kier alpha value is -0.0800. The first-order chi connectivity index (χ1) is 10.5. The van der Waals surface area contributed by atoms with Crippen molar-refractivity contribution in [3.8, 4) is 0 Å². The molecule has 2 aliphatic rings. The van der Waals surface area contributed by atoms with Crippen molar-refractivity contribution in [2.24, 2.45) is 10.9 Å². The van der Waals surface area contributed by atoms with Crippen molar-refractivity contribution in [2.75, 3.05) is 39.8 Å². The Morgan fingerprint density at radius 2 is 2.04 bits per heavy atom. The molecule has 0 amide bonds. The molecule has 2 saturated heterocycles. The lowest BCUT2D eigenvalue weighted by Crippen LogP contribution is -2.47. The summed E-state index contributed by atoms with van der Waals surface area (Å²) >= 11 is 0. The van der Waals surface area contributed by atoms with Crippen LogP contribution in [-0.4, -0.2) is 73.7 Å². The number of aliphatic imine (C=N–C) groups is 1. The number of halogens is 1. The van der Waals surface area contributed by atoms with Gasteiger partial charge in [-0.05, 0) is 53.1 Å². The van der Waals surface area contributed by atoms with E-state index in [1.165, 1.54) is 25.9 Å². The SMILES string of the molecule is CCNC(=NCC1CCCN1C)NC1CN(C(C)C)CC1C.I. The van der Waals surface area contributed by atoms with E-state index in [0.29, 0.717) is 24.0 Å². The van der Waals surface area contributed by atoms with E-state index >= 15 is 0 Å². The molecule has 5 nitrogen and oxygen atoms in total. The van der Waals surface area contributed by atoms with Gasteiger partial charge in [-0.15, -0.1) is 24.0 Å². The molecule has 0 aromatic heterocycles. The molecule has 0 bridgehead atoms. The van der Waals surface area contributed by atoms with E-state index < -0.39 is 0 Å². The molecule has 0 aliphatic carbocycles.